The number of imidazole rings is 1. The Balaban J connectivity index is 1.78. The molecule has 3 rings (SSSR count). The smallest absolute Gasteiger partial charge is 0.300 e. The first-order chi connectivity index (χ1) is 14.2. The zero-order chi connectivity index (χ0) is 20.5. The highest BCUT2D eigenvalue weighted by atomic mass is 35.5. The Morgan fingerprint density at radius 3 is 2.90 bits per heavy atom. The number of aromatic amines is 1. The van der Waals surface area contributed by atoms with E-state index in [1.54, 1.807) is 48.8 Å². The normalized spacial score (nSPS) is 10.1. The van der Waals surface area contributed by atoms with E-state index in [0.717, 1.165) is 5.56 Å². The quantitative estimate of drug-likeness (QED) is 0.454. The summed E-state index contributed by atoms with van der Waals surface area (Å²) in [6.45, 7) is 3.36. The van der Waals surface area contributed by atoms with Crippen LogP contribution in [0.1, 0.15) is 12.5 Å². The molecule has 29 heavy (non-hydrogen) atoms. The molecule has 0 fully saturated rings. The summed E-state index contributed by atoms with van der Waals surface area (Å²) in [5.41, 5.74) is 1.97. The molecule has 0 saturated carbocycles. The van der Waals surface area contributed by atoms with E-state index < -0.39 is 5.91 Å². The number of aromatic nitrogens is 2. The number of nitrogens with one attached hydrogen (secondary N) is 2. The molecule has 0 aliphatic heterocycles. The molecule has 6 nitrogen and oxygen atoms in total. The first-order valence-corrected chi connectivity index (χ1v) is 9.46. The average molecular weight is 410 g/mol. The van der Waals surface area contributed by atoms with Crippen LogP contribution < -0.4 is 10.1 Å². The first-order valence-electron chi connectivity index (χ1n) is 9.08. The molecule has 3 aromatic rings. The van der Waals surface area contributed by atoms with Crippen molar-refractivity contribution in [1.29, 1.82) is 0 Å². The van der Waals surface area contributed by atoms with Gasteiger partial charge in [-0.2, -0.15) is 0 Å². The molecule has 1 aromatic heterocycles. The second-order valence-electron chi connectivity index (χ2n) is 5.91. The van der Waals surface area contributed by atoms with Crippen LogP contribution in [-0.4, -0.2) is 35.7 Å². The van der Waals surface area contributed by atoms with Crippen LogP contribution in [0, 0.1) is 11.8 Å². The van der Waals surface area contributed by atoms with Crippen LogP contribution in [0.4, 0.5) is 5.69 Å². The molecule has 1 amide bonds. The van der Waals surface area contributed by atoms with Crippen molar-refractivity contribution in [2.75, 3.05) is 25.1 Å². The van der Waals surface area contributed by atoms with Gasteiger partial charge in [0, 0.05) is 41.1 Å². The minimum absolute atomic E-state index is 0.366. The fourth-order valence-electron chi connectivity index (χ4n) is 2.53. The predicted molar refractivity (Wildman–Crippen MR) is 113 cm³/mol. The number of hydrogen-bond donors (Lipinski definition) is 2. The van der Waals surface area contributed by atoms with Crippen molar-refractivity contribution in [2.24, 2.45) is 0 Å². The summed E-state index contributed by atoms with van der Waals surface area (Å²) in [6, 6.07) is 12.4. The molecule has 2 N–H and O–H groups in total. The fourth-order valence-corrected chi connectivity index (χ4v) is 2.72. The van der Waals surface area contributed by atoms with Crippen molar-refractivity contribution in [1.82, 2.24) is 9.97 Å². The summed E-state index contributed by atoms with van der Waals surface area (Å²) in [7, 11) is 0. The highest BCUT2D eigenvalue weighted by Crippen LogP contribution is 2.29. The lowest BCUT2D eigenvalue weighted by atomic mass is 10.1. The van der Waals surface area contributed by atoms with Crippen molar-refractivity contribution in [2.45, 2.75) is 6.92 Å². The largest absolute Gasteiger partial charge is 0.489 e. The summed E-state index contributed by atoms with van der Waals surface area (Å²) in [4.78, 5) is 19.7. The number of nitrogens with zero attached hydrogens (tertiary/aromatic N) is 1. The highest BCUT2D eigenvalue weighted by molar-refractivity contribution is 6.30. The monoisotopic (exact) mass is 409 g/mol. The maximum absolute atomic E-state index is 12.4. The Labute approximate surface area is 174 Å². The minimum Gasteiger partial charge on any atom is -0.489 e. The van der Waals surface area contributed by atoms with Crippen LogP contribution >= 0.6 is 11.6 Å². The number of H-pyrrole nitrogens is 1. The topological polar surface area (TPSA) is 76.2 Å². The minimum atomic E-state index is -0.462. The van der Waals surface area contributed by atoms with Crippen LogP contribution in [0.2, 0.25) is 5.02 Å². The molecule has 0 atom stereocenters. The van der Waals surface area contributed by atoms with E-state index in [1.807, 2.05) is 13.0 Å². The van der Waals surface area contributed by atoms with Gasteiger partial charge in [0.25, 0.3) is 0 Å². The van der Waals surface area contributed by atoms with Crippen molar-refractivity contribution < 1.29 is 14.3 Å². The lowest BCUT2D eigenvalue weighted by Crippen LogP contribution is -2.12. The van der Waals surface area contributed by atoms with E-state index >= 15 is 0 Å². The van der Waals surface area contributed by atoms with E-state index in [1.165, 1.54) is 0 Å². The van der Waals surface area contributed by atoms with E-state index in [2.05, 4.69) is 27.1 Å². The summed E-state index contributed by atoms with van der Waals surface area (Å²) >= 11 is 5.94. The summed E-state index contributed by atoms with van der Waals surface area (Å²) < 4.78 is 11.1. The second-order valence-corrected chi connectivity index (χ2v) is 6.35. The number of carbonyl (C=O) groups excluding carboxylic acids is 1. The summed E-state index contributed by atoms with van der Waals surface area (Å²) in [5, 5.41) is 3.35. The fraction of sp³-hybridized carbons (Fsp3) is 0.182. The molecular weight excluding hydrogens is 390 g/mol. The number of rotatable bonds is 7. The lowest BCUT2D eigenvalue weighted by molar-refractivity contribution is -0.111. The molecule has 2 aromatic carbocycles. The van der Waals surface area contributed by atoms with Gasteiger partial charge >= 0.3 is 5.91 Å². The van der Waals surface area contributed by atoms with E-state index in [-0.39, 0.29) is 0 Å². The molecule has 7 heteroatoms. The molecule has 148 valence electrons. The third kappa shape index (κ3) is 6.11. The van der Waals surface area contributed by atoms with Gasteiger partial charge in [0.1, 0.15) is 18.2 Å². The average Bonchev–Trinajstić information content (AvgIpc) is 3.25. The van der Waals surface area contributed by atoms with Crippen molar-refractivity contribution in [3.63, 3.8) is 0 Å². The van der Waals surface area contributed by atoms with E-state index in [4.69, 9.17) is 21.1 Å². The Hall–Kier alpha value is -3.27. The van der Waals surface area contributed by atoms with Crippen molar-refractivity contribution in [3.8, 4) is 29.0 Å². The van der Waals surface area contributed by atoms with Gasteiger partial charge in [-0.25, -0.2) is 4.98 Å². The molecule has 0 saturated heterocycles. The number of ether oxygens (including phenoxy) is 2. The van der Waals surface area contributed by atoms with Crippen molar-refractivity contribution >= 4 is 23.2 Å². The van der Waals surface area contributed by atoms with Crippen LogP contribution in [0.25, 0.3) is 11.4 Å². The third-order valence-corrected chi connectivity index (χ3v) is 4.07. The van der Waals surface area contributed by atoms with Gasteiger partial charge in [-0.3, -0.25) is 4.79 Å². The van der Waals surface area contributed by atoms with Gasteiger partial charge in [0.15, 0.2) is 0 Å². The Bertz CT molecular complexity index is 1020. The number of hydrogen-bond acceptors (Lipinski definition) is 4. The summed E-state index contributed by atoms with van der Waals surface area (Å²) in [5.74, 6) is 6.12. The molecule has 0 bridgehead atoms. The van der Waals surface area contributed by atoms with Gasteiger partial charge in [-0.1, -0.05) is 23.6 Å². The zero-order valence-electron chi connectivity index (χ0n) is 15.9. The molecule has 0 unspecified atom stereocenters. The lowest BCUT2D eigenvalue weighted by Gasteiger charge is -2.12. The van der Waals surface area contributed by atoms with Crippen LogP contribution in [0.15, 0.2) is 54.9 Å². The molecule has 0 aliphatic rings. The second kappa shape index (κ2) is 10.3. The number of carbonyl (C=O) groups is 1. The van der Waals surface area contributed by atoms with Gasteiger partial charge in [0.05, 0.1) is 12.3 Å². The van der Waals surface area contributed by atoms with Crippen molar-refractivity contribution in [3.05, 3.63) is 65.4 Å². The number of anilines is 1. The summed E-state index contributed by atoms with van der Waals surface area (Å²) in [6.07, 6.45) is 3.40. The SMILES string of the molecule is CCOCCOc1ccc(-c2ncc[nH]2)cc1NC(=O)C#Cc1cccc(Cl)c1. The van der Waals surface area contributed by atoms with Gasteiger partial charge in [-0.05, 0) is 43.3 Å². The van der Waals surface area contributed by atoms with E-state index in [9.17, 15) is 4.79 Å². The zero-order valence-corrected chi connectivity index (χ0v) is 16.6. The molecular formula is C22H20ClN3O3. The third-order valence-electron chi connectivity index (χ3n) is 3.83. The number of halogens is 1. The standard InChI is InChI=1S/C22H20ClN3O3/c1-2-28-12-13-29-20-8-7-17(22-24-10-11-25-22)15-19(20)26-21(27)9-6-16-4-3-5-18(23)14-16/h3-5,7-8,10-11,14-15H,2,12-13H2,1H3,(H,24,25)(H,26,27). The van der Waals surface area contributed by atoms with Crippen LogP contribution in [0.5, 0.6) is 5.75 Å². The first kappa shape index (κ1) is 20.5. The number of benzene rings is 2. The van der Waals surface area contributed by atoms with Crippen LogP contribution in [0.3, 0.4) is 0 Å². The van der Waals surface area contributed by atoms with Crippen LogP contribution in [-0.2, 0) is 9.53 Å². The molecule has 0 spiro atoms. The van der Waals surface area contributed by atoms with Gasteiger partial charge in [0.2, 0.25) is 0 Å². The van der Waals surface area contributed by atoms with Gasteiger partial charge in [-0.15, -0.1) is 0 Å². The molecule has 0 radical (unpaired) electrons. The Morgan fingerprint density at radius 1 is 1.24 bits per heavy atom. The Morgan fingerprint density at radius 2 is 2.14 bits per heavy atom. The predicted octanol–water partition coefficient (Wildman–Crippen LogP) is 4.14. The highest BCUT2D eigenvalue weighted by Gasteiger charge is 2.10. The van der Waals surface area contributed by atoms with Gasteiger partial charge < -0.3 is 19.8 Å². The van der Waals surface area contributed by atoms with E-state index in [0.29, 0.717) is 47.7 Å². The molecule has 0 aliphatic carbocycles. The Kier molecular flexibility index (Phi) is 7.28. The number of amides is 1. The maximum atomic E-state index is 12.4. The molecule has 1 heterocycles. The maximum Gasteiger partial charge on any atom is 0.300 e.